The van der Waals surface area contributed by atoms with E-state index in [9.17, 15) is 9.90 Å². The number of ether oxygens (including phenoxy) is 4. The minimum absolute atomic E-state index is 0.320. The number of rotatable bonds is 8. The number of carboxylic acids is 1. The molecule has 0 aromatic heterocycles. The van der Waals surface area contributed by atoms with Gasteiger partial charge in [-0.3, -0.25) is 9.69 Å². The van der Waals surface area contributed by atoms with E-state index in [1.165, 1.54) is 0 Å². The van der Waals surface area contributed by atoms with E-state index in [0.29, 0.717) is 30.2 Å². The van der Waals surface area contributed by atoms with Gasteiger partial charge in [-0.1, -0.05) is 12.1 Å². The van der Waals surface area contributed by atoms with Crippen molar-refractivity contribution >= 4 is 5.97 Å². The quantitative estimate of drug-likeness (QED) is 0.727. The maximum absolute atomic E-state index is 11.9. The largest absolute Gasteiger partial charge is 0.497 e. The van der Waals surface area contributed by atoms with E-state index in [1.807, 2.05) is 35.2 Å². The second-order valence-electron chi connectivity index (χ2n) is 6.86. The van der Waals surface area contributed by atoms with Gasteiger partial charge in [-0.2, -0.15) is 0 Å². The van der Waals surface area contributed by atoms with Crippen LogP contribution in [0.3, 0.4) is 0 Å². The SMILES string of the molecule is COc1ccc(C(c2cc(OC)c(OC)cc2OC)N2CCCC2C(=O)O)cc1. The number of likely N-dealkylation sites (tertiary alicyclic amines) is 1. The fraction of sp³-hybridized carbons (Fsp3) is 0.409. The topological polar surface area (TPSA) is 77.5 Å². The Hall–Kier alpha value is -2.93. The van der Waals surface area contributed by atoms with Gasteiger partial charge in [0.25, 0.3) is 0 Å². The first-order valence-electron chi connectivity index (χ1n) is 9.46. The maximum Gasteiger partial charge on any atom is 0.320 e. The molecule has 2 aromatic rings. The minimum Gasteiger partial charge on any atom is -0.497 e. The predicted octanol–water partition coefficient (Wildman–Crippen LogP) is 3.36. The van der Waals surface area contributed by atoms with Gasteiger partial charge in [-0.25, -0.2) is 0 Å². The lowest BCUT2D eigenvalue weighted by molar-refractivity contribution is -0.142. The molecule has 1 N–H and O–H groups in total. The van der Waals surface area contributed by atoms with Crippen molar-refractivity contribution in [2.45, 2.75) is 24.9 Å². The third-order valence-electron chi connectivity index (χ3n) is 5.37. The van der Waals surface area contributed by atoms with Crippen LogP contribution >= 0.6 is 0 Å². The molecular formula is C22H27NO6. The Morgan fingerprint density at radius 2 is 1.59 bits per heavy atom. The van der Waals surface area contributed by atoms with Crippen molar-refractivity contribution in [1.29, 1.82) is 0 Å². The van der Waals surface area contributed by atoms with Gasteiger partial charge in [0.1, 0.15) is 17.5 Å². The molecule has 29 heavy (non-hydrogen) atoms. The van der Waals surface area contributed by atoms with Crippen LogP contribution < -0.4 is 18.9 Å². The van der Waals surface area contributed by atoms with Crippen LogP contribution in [0.4, 0.5) is 0 Å². The number of methoxy groups -OCH3 is 4. The first-order valence-corrected chi connectivity index (χ1v) is 9.46. The molecule has 2 aromatic carbocycles. The van der Waals surface area contributed by atoms with Crippen molar-refractivity contribution in [3.63, 3.8) is 0 Å². The lowest BCUT2D eigenvalue weighted by Gasteiger charge is -2.33. The second-order valence-corrected chi connectivity index (χ2v) is 6.86. The number of hydrogen-bond acceptors (Lipinski definition) is 6. The summed E-state index contributed by atoms with van der Waals surface area (Å²) < 4.78 is 21.8. The molecule has 1 aliphatic rings. The lowest BCUT2D eigenvalue weighted by Crippen LogP contribution is -2.39. The Morgan fingerprint density at radius 3 is 2.14 bits per heavy atom. The Morgan fingerprint density at radius 1 is 0.966 bits per heavy atom. The number of aliphatic carboxylic acids is 1. The maximum atomic E-state index is 11.9. The zero-order valence-corrected chi connectivity index (χ0v) is 17.2. The van der Waals surface area contributed by atoms with E-state index >= 15 is 0 Å². The minimum atomic E-state index is -0.819. The van der Waals surface area contributed by atoms with Crippen molar-refractivity contribution in [3.8, 4) is 23.0 Å². The van der Waals surface area contributed by atoms with Crippen molar-refractivity contribution in [3.05, 3.63) is 47.5 Å². The van der Waals surface area contributed by atoms with Gasteiger partial charge in [-0.05, 0) is 36.6 Å². The molecule has 0 radical (unpaired) electrons. The highest BCUT2D eigenvalue weighted by molar-refractivity contribution is 5.74. The summed E-state index contributed by atoms with van der Waals surface area (Å²) in [5.74, 6) is 1.65. The molecule has 2 atom stereocenters. The van der Waals surface area contributed by atoms with Crippen LogP contribution in [0.1, 0.15) is 30.0 Å². The highest BCUT2D eigenvalue weighted by atomic mass is 16.5. The molecule has 2 unspecified atom stereocenters. The van der Waals surface area contributed by atoms with E-state index in [4.69, 9.17) is 18.9 Å². The Labute approximate surface area is 170 Å². The molecular weight excluding hydrogens is 374 g/mol. The van der Waals surface area contributed by atoms with Crippen LogP contribution in [-0.2, 0) is 4.79 Å². The number of nitrogens with zero attached hydrogens (tertiary/aromatic N) is 1. The summed E-state index contributed by atoms with van der Waals surface area (Å²) in [6.07, 6.45) is 1.43. The Bertz CT molecular complexity index is 851. The van der Waals surface area contributed by atoms with Crippen molar-refractivity contribution in [1.82, 2.24) is 4.90 Å². The monoisotopic (exact) mass is 401 g/mol. The Kier molecular flexibility index (Phi) is 6.49. The Balaban J connectivity index is 2.18. The molecule has 0 amide bonds. The highest BCUT2D eigenvalue weighted by Gasteiger charge is 2.38. The van der Waals surface area contributed by atoms with Crippen molar-refractivity contribution in [2.24, 2.45) is 0 Å². The van der Waals surface area contributed by atoms with E-state index in [-0.39, 0.29) is 6.04 Å². The summed E-state index contributed by atoms with van der Waals surface area (Å²) >= 11 is 0. The van der Waals surface area contributed by atoms with Gasteiger partial charge in [0, 0.05) is 18.2 Å². The van der Waals surface area contributed by atoms with Crippen LogP contribution in [0.15, 0.2) is 36.4 Å². The second kappa shape index (κ2) is 9.05. The highest BCUT2D eigenvalue weighted by Crippen LogP contribution is 2.44. The molecule has 0 aliphatic carbocycles. The molecule has 156 valence electrons. The van der Waals surface area contributed by atoms with Crippen molar-refractivity contribution in [2.75, 3.05) is 35.0 Å². The molecule has 1 fully saturated rings. The molecule has 1 heterocycles. The van der Waals surface area contributed by atoms with E-state index in [0.717, 1.165) is 23.3 Å². The summed E-state index contributed by atoms with van der Waals surface area (Å²) in [6.45, 7) is 0.672. The van der Waals surface area contributed by atoms with Gasteiger partial charge in [0.2, 0.25) is 0 Å². The van der Waals surface area contributed by atoms with Crippen LogP contribution in [0.25, 0.3) is 0 Å². The third-order valence-corrected chi connectivity index (χ3v) is 5.37. The summed E-state index contributed by atoms with van der Waals surface area (Å²) in [5, 5.41) is 9.78. The number of benzene rings is 2. The first kappa shape index (κ1) is 20.8. The summed E-state index contributed by atoms with van der Waals surface area (Å²) in [4.78, 5) is 13.9. The average molecular weight is 401 g/mol. The third kappa shape index (κ3) is 4.10. The lowest BCUT2D eigenvalue weighted by atomic mass is 9.94. The van der Waals surface area contributed by atoms with Gasteiger partial charge in [-0.15, -0.1) is 0 Å². The fourth-order valence-electron chi connectivity index (χ4n) is 3.97. The molecule has 1 saturated heterocycles. The van der Waals surface area contributed by atoms with Crippen molar-refractivity contribution < 1.29 is 28.8 Å². The summed E-state index contributed by atoms with van der Waals surface area (Å²) in [7, 11) is 6.35. The summed E-state index contributed by atoms with van der Waals surface area (Å²) in [6, 6.07) is 10.4. The van der Waals surface area contributed by atoms with Gasteiger partial charge in [0.15, 0.2) is 11.5 Å². The van der Waals surface area contributed by atoms with E-state index < -0.39 is 12.0 Å². The van der Waals surface area contributed by atoms with Gasteiger partial charge < -0.3 is 24.1 Å². The molecule has 3 rings (SSSR count). The van der Waals surface area contributed by atoms with E-state index in [1.54, 1.807) is 34.5 Å². The number of carboxylic acid groups (broad SMARTS) is 1. The molecule has 0 bridgehead atoms. The fourth-order valence-corrected chi connectivity index (χ4v) is 3.97. The number of hydrogen-bond donors (Lipinski definition) is 1. The van der Waals surface area contributed by atoms with Crippen LogP contribution in [-0.4, -0.2) is 57.0 Å². The van der Waals surface area contributed by atoms with Crippen LogP contribution in [0.2, 0.25) is 0 Å². The van der Waals surface area contributed by atoms with E-state index in [2.05, 4.69) is 0 Å². The summed E-state index contributed by atoms with van der Waals surface area (Å²) in [5.41, 5.74) is 1.77. The van der Waals surface area contributed by atoms with Gasteiger partial charge >= 0.3 is 5.97 Å². The smallest absolute Gasteiger partial charge is 0.320 e. The van der Waals surface area contributed by atoms with Gasteiger partial charge in [0.05, 0.1) is 34.5 Å². The van der Waals surface area contributed by atoms with Crippen LogP contribution in [0, 0.1) is 0 Å². The average Bonchev–Trinajstić information content (AvgIpc) is 3.23. The standard InChI is InChI=1S/C22H27NO6/c1-26-15-9-7-14(8-10-15)21(23-11-5-6-17(23)22(24)25)16-12-19(28-3)20(29-4)13-18(16)27-2/h7-10,12-13,17,21H,5-6,11H2,1-4H3,(H,24,25). The zero-order valence-electron chi connectivity index (χ0n) is 17.2. The molecule has 7 nitrogen and oxygen atoms in total. The zero-order chi connectivity index (χ0) is 21.0. The first-order chi connectivity index (χ1) is 14.0. The number of carbonyl (C=O) groups is 1. The molecule has 1 aliphatic heterocycles. The molecule has 7 heteroatoms. The van der Waals surface area contributed by atoms with Crippen LogP contribution in [0.5, 0.6) is 23.0 Å². The normalized spacial score (nSPS) is 17.6. The molecule has 0 saturated carbocycles. The molecule has 0 spiro atoms. The predicted molar refractivity (Wildman–Crippen MR) is 108 cm³/mol.